The molecular formula is C18H36O2S. The van der Waals surface area contributed by atoms with Gasteiger partial charge in [-0.15, -0.1) is 0 Å². The largest absolute Gasteiger partial charge is 0.466 e. The van der Waals surface area contributed by atoms with E-state index in [0.29, 0.717) is 18.3 Å². The van der Waals surface area contributed by atoms with Crippen molar-refractivity contribution < 1.29 is 9.53 Å². The van der Waals surface area contributed by atoms with Crippen LogP contribution < -0.4 is 0 Å². The van der Waals surface area contributed by atoms with Crippen LogP contribution in [0.4, 0.5) is 0 Å². The molecule has 0 fully saturated rings. The van der Waals surface area contributed by atoms with E-state index in [2.05, 4.69) is 32.5 Å². The number of rotatable bonds is 15. The van der Waals surface area contributed by atoms with Crippen molar-refractivity contribution in [3.63, 3.8) is 0 Å². The first-order valence-electron chi connectivity index (χ1n) is 9.01. The molecule has 0 aliphatic carbocycles. The van der Waals surface area contributed by atoms with Gasteiger partial charge in [0.2, 0.25) is 0 Å². The van der Waals surface area contributed by atoms with E-state index in [4.69, 9.17) is 4.74 Å². The van der Waals surface area contributed by atoms with Gasteiger partial charge in [-0.25, -0.2) is 0 Å². The lowest BCUT2D eigenvalue weighted by Crippen LogP contribution is -2.12. The fourth-order valence-electron chi connectivity index (χ4n) is 2.31. The maximum Gasteiger partial charge on any atom is 0.305 e. The van der Waals surface area contributed by atoms with Gasteiger partial charge in [0.15, 0.2) is 0 Å². The minimum Gasteiger partial charge on any atom is -0.466 e. The van der Waals surface area contributed by atoms with Crippen molar-refractivity contribution in [1.29, 1.82) is 0 Å². The maximum absolute atomic E-state index is 11.6. The van der Waals surface area contributed by atoms with Gasteiger partial charge in [0.1, 0.15) is 0 Å². The molecule has 2 nitrogen and oxygen atoms in total. The van der Waals surface area contributed by atoms with Gasteiger partial charge in [-0.3, -0.25) is 4.79 Å². The molecule has 21 heavy (non-hydrogen) atoms. The van der Waals surface area contributed by atoms with Crippen molar-refractivity contribution in [1.82, 2.24) is 0 Å². The number of unbranched alkanes of at least 4 members (excludes halogenated alkanes) is 5. The number of hydrogen-bond donors (Lipinski definition) is 0. The summed E-state index contributed by atoms with van der Waals surface area (Å²) in [5, 5.41) is 0.667. The summed E-state index contributed by atoms with van der Waals surface area (Å²) in [6.07, 6.45) is 12.7. The molecule has 0 aromatic heterocycles. The van der Waals surface area contributed by atoms with E-state index in [1.165, 1.54) is 44.3 Å². The quantitative estimate of drug-likeness (QED) is 0.274. The molecule has 0 spiro atoms. The SMILES string of the molecule is CCCCCCSC(CCC)CCOC(=O)CCCCC. The Kier molecular flexibility index (Phi) is 16.1. The molecule has 0 N–H and O–H groups in total. The average Bonchev–Trinajstić information content (AvgIpc) is 2.47. The van der Waals surface area contributed by atoms with Crippen LogP contribution in [0.25, 0.3) is 0 Å². The van der Waals surface area contributed by atoms with E-state index in [1.54, 1.807) is 0 Å². The Labute approximate surface area is 136 Å². The lowest BCUT2D eigenvalue weighted by molar-refractivity contribution is -0.143. The molecular weight excluding hydrogens is 280 g/mol. The van der Waals surface area contributed by atoms with Gasteiger partial charge >= 0.3 is 5.97 Å². The summed E-state index contributed by atoms with van der Waals surface area (Å²) in [6.45, 7) is 7.25. The molecule has 0 heterocycles. The van der Waals surface area contributed by atoms with Crippen LogP contribution in [0, 0.1) is 0 Å². The Balaban J connectivity index is 3.65. The lowest BCUT2D eigenvalue weighted by atomic mass is 10.2. The summed E-state index contributed by atoms with van der Waals surface area (Å²) in [5.74, 6) is 1.25. The second-order valence-corrected chi connectivity index (χ2v) is 7.22. The molecule has 126 valence electrons. The molecule has 0 radical (unpaired) electrons. The van der Waals surface area contributed by atoms with Crippen LogP contribution >= 0.6 is 11.8 Å². The van der Waals surface area contributed by atoms with Crippen molar-refractivity contribution in [2.75, 3.05) is 12.4 Å². The van der Waals surface area contributed by atoms with Gasteiger partial charge in [0.25, 0.3) is 0 Å². The number of thioether (sulfide) groups is 1. The Morgan fingerprint density at radius 1 is 0.905 bits per heavy atom. The maximum atomic E-state index is 11.6. The fourth-order valence-corrected chi connectivity index (χ4v) is 3.68. The summed E-state index contributed by atoms with van der Waals surface area (Å²) in [5.41, 5.74) is 0. The Hall–Kier alpha value is -0.180. The molecule has 3 heteroatoms. The topological polar surface area (TPSA) is 26.3 Å². The third-order valence-electron chi connectivity index (χ3n) is 3.65. The zero-order chi connectivity index (χ0) is 15.8. The number of esters is 1. The van der Waals surface area contributed by atoms with Gasteiger partial charge in [0.05, 0.1) is 6.61 Å². The predicted molar refractivity (Wildman–Crippen MR) is 95.0 cm³/mol. The zero-order valence-electron chi connectivity index (χ0n) is 14.5. The first-order chi connectivity index (χ1) is 10.2. The van der Waals surface area contributed by atoms with Gasteiger partial charge in [0, 0.05) is 11.7 Å². The normalized spacial score (nSPS) is 12.3. The van der Waals surface area contributed by atoms with Crippen molar-refractivity contribution >= 4 is 17.7 Å². The van der Waals surface area contributed by atoms with E-state index < -0.39 is 0 Å². The van der Waals surface area contributed by atoms with E-state index >= 15 is 0 Å². The smallest absolute Gasteiger partial charge is 0.305 e. The summed E-state index contributed by atoms with van der Waals surface area (Å²) < 4.78 is 5.36. The lowest BCUT2D eigenvalue weighted by Gasteiger charge is -2.15. The highest BCUT2D eigenvalue weighted by Crippen LogP contribution is 2.22. The number of hydrogen-bond acceptors (Lipinski definition) is 3. The van der Waals surface area contributed by atoms with Crippen LogP contribution in [-0.2, 0) is 9.53 Å². The van der Waals surface area contributed by atoms with Crippen LogP contribution in [-0.4, -0.2) is 23.6 Å². The third kappa shape index (κ3) is 14.5. The molecule has 0 aliphatic rings. The van der Waals surface area contributed by atoms with Crippen molar-refractivity contribution in [3.05, 3.63) is 0 Å². The molecule has 1 unspecified atom stereocenters. The first kappa shape index (κ1) is 20.8. The Bertz CT molecular complexity index is 231. The summed E-state index contributed by atoms with van der Waals surface area (Å²) in [6, 6.07) is 0. The van der Waals surface area contributed by atoms with E-state index in [1.807, 2.05) is 0 Å². The van der Waals surface area contributed by atoms with Gasteiger partial charge in [-0.05, 0) is 31.4 Å². The predicted octanol–water partition coefficient (Wildman–Crippen LogP) is 5.98. The molecule has 0 rings (SSSR count). The number of ether oxygens (including phenoxy) is 1. The minimum atomic E-state index is -0.00774. The Morgan fingerprint density at radius 2 is 1.62 bits per heavy atom. The van der Waals surface area contributed by atoms with E-state index in [-0.39, 0.29) is 5.97 Å². The molecule has 0 aromatic rings. The number of carbonyl (C=O) groups excluding carboxylic acids is 1. The molecule has 0 aliphatic heterocycles. The second-order valence-electron chi connectivity index (χ2n) is 5.81. The molecule has 0 saturated carbocycles. The van der Waals surface area contributed by atoms with Crippen LogP contribution in [0.3, 0.4) is 0 Å². The highest BCUT2D eigenvalue weighted by molar-refractivity contribution is 7.99. The van der Waals surface area contributed by atoms with Crippen LogP contribution in [0.5, 0.6) is 0 Å². The molecule has 0 bridgehead atoms. The summed E-state index contributed by atoms with van der Waals surface area (Å²) >= 11 is 2.08. The van der Waals surface area contributed by atoms with Crippen LogP contribution in [0.15, 0.2) is 0 Å². The third-order valence-corrected chi connectivity index (χ3v) is 5.12. The Morgan fingerprint density at radius 3 is 2.29 bits per heavy atom. The number of carbonyl (C=O) groups is 1. The van der Waals surface area contributed by atoms with Gasteiger partial charge in [-0.1, -0.05) is 59.3 Å². The minimum absolute atomic E-state index is 0.00774. The highest BCUT2D eigenvalue weighted by Gasteiger charge is 2.10. The van der Waals surface area contributed by atoms with Crippen molar-refractivity contribution in [3.8, 4) is 0 Å². The van der Waals surface area contributed by atoms with Crippen LogP contribution in [0.2, 0.25) is 0 Å². The van der Waals surface area contributed by atoms with Crippen LogP contribution in [0.1, 0.15) is 91.4 Å². The summed E-state index contributed by atoms with van der Waals surface area (Å²) in [4.78, 5) is 11.6. The first-order valence-corrected chi connectivity index (χ1v) is 10.1. The average molecular weight is 317 g/mol. The van der Waals surface area contributed by atoms with Gasteiger partial charge in [-0.2, -0.15) is 11.8 Å². The van der Waals surface area contributed by atoms with E-state index in [9.17, 15) is 4.79 Å². The van der Waals surface area contributed by atoms with Crippen molar-refractivity contribution in [2.24, 2.45) is 0 Å². The molecule has 0 amide bonds. The fraction of sp³-hybridized carbons (Fsp3) is 0.944. The van der Waals surface area contributed by atoms with Gasteiger partial charge < -0.3 is 4.74 Å². The van der Waals surface area contributed by atoms with E-state index in [0.717, 1.165) is 25.7 Å². The van der Waals surface area contributed by atoms with Crippen molar-refractivity contribution in [2.45, 2.75) is 96.7 Å². The monoisotopic (exact) mass is 316 g/mol. The molecule has 1 atom stereocenters. The summed E-state index contributed by atoms with van der Waals surface area (Å²) in [7, 11) is 0. The second kappa shape index (κ2) is 16.2. The molecule has 0 aromatic carbocycles. The standard InChI is InChI=1S/C18H36O2S/c1-4-7-9-11-16-21-17(12-6-3)14-15-20-18(19)13-10-8-5-2/h17H,4-16H2,1-3H3. The highest BCUT2D eigenvalue weighted by atomic mass is 32.2. The zero-order valence-corrected chi connectivity index (χ0v) is 15.3. The molecule has 0 saturated heterocycles.